The lowest BCUT2D eigenvalue weighted by Crippen LogP contribution is -2.11. The van der Waals surface area contributed by atoms with Crippen LogP contribution >= 0.6 is 11.3 Å². The summed E-state index contributed by atoms with van der Waals surface area (Å²) in [5, 5.41) is 18.5. The highest BCUT2D eigenvalue weighted by molar-refractivity contribution is 7.22. The fourth-order valence-corrected chi connectivity index (χ4v) is 4.24. The maximum Gasteiger partial charge on any atom is 0.183 e. The lowest BCUT2D eigenvalue weighted by Gasteiger charge is -2.10. The first-order valence-electron chi connectivity index (χ1n) is 10.1. The molecule has 0 amide bonds. The second-order valence-electron chi connectivity index (χ2n) is 7.34. The summed E-state index contributed by atoms with van der Waals surface area (Å²) >= 11 is 1.53. The van der Waals surface area contributed by atoms with E-state index in [1.165, 1.54) is 11.3 Å². The van der Waals surface area contributed by atoms with E-state index in [1.54, 1.807) is 17.1 Å². The van der Waals surface area contributed by atoms with Crippen molar-refractivity contribution < 1.29 is 9.84 Å². The molecule has 2 N–H and O–H groups in total. The van der Waals surface area contributed by atoms with Crippen LogP contribution in [0.2, 0.25) is 0 Å². The van der Waals surface area contributed by atoms with E-state index in [2.05, 4.69) is 20.4 Å². The molecule has 0 aliphatic rings. The number of hydrogen-bond donors (Lipinski definition) is 2. The van der Waals surface area contributed by atoms with E-state index >= 15 is 0 Å². The summed E-state index contributed by atoms with van der Waals surface area (Å²) in [4.78, 5) is 9.01. The molecule has 2 aromatic carbocycles. The molecule has 5 aromatic rings. The minimum atomic E-state index is -0.595. The smallest absolute Gasteiger partial charge is 0.183 e. The average molecular weight is 444 g/mol. The van der Waals surface area contributed by atoms with Gasteiger partial charge in [-0.05, 0) is 23.8 Å². The van der Waals surface area contributed by atoms with Crippen LogP contribution in [0.4, 0.5) is 5.13 Å². The lowest BCUT2D eigenvalue weighted by atomic mass is 10.1. The molecule has 0 aliphatic carbocycles. The Balaban J connectivity index is 1.29. The van der Waals surface area contributed by atoms with Gasteiger partial charge in [0, 0.05) is 43.7 Å². The third kappa shape index (κ3) is 4.46. The topological polar surface area (TPSA) is 85.1 Å². The number of pyridine rings is 1. The molecule has 3 heterocycles. The number of nitrogens with zero attached hydrogens (tertiary/aromatic N) is 4. The molecule has 1 atom stereocenters. The number of aliphatic hydroxyl groups is 1. The summed E-state index contributed by atoms with van der Waals surface area (Å²) in [7, 11) is 1.87. The van der Waals surface area contributed by atoms with Gasteiger partial charge in [0.25, 0.3) is 0 Å². The van der Waals surface area contributed by atoms with Crippen LogP contribution in [0, 0.1) is 0 Å². The number of hydrogen-bond acceptors (Lipinski definition) is 7. The van der Waals surface area contributed by atoms with E-state index in [9.17, 15) is 5.11 Å². The van der Waals surface area contributed by atoms with Crippen LogP contribution in [0.15, 0.2) is 79.3 Å². The van der Waals surface area contributed by atoms with Crippen LogP contribution in [-0.2, 0) is 7.05 Å². The van der Waals surface area contributed by atoms with Crippen LogP contribution in [0.3, 0.4) is 0 Å². The molecule has 0 radical (unpaired) electrons. The zero-order valence-corrected chi connectivity index (χ0v) is 18.2. The number of rotatable bonds is 7. The third-order valence-electron chi connectivity index (χ3n) is 4.96. The molecule has 0 spiro atoms. The standard InChI is InChI=1S/C24H21N5O2S/c1-29-15-17(13-27-29)21-11-19(9-10-25-21)31-18-7-8-20-23(12-18)32-24(28-20)26-14-22(30)16-5-3-2-4-6-16/h2-13,15,22,30H,14H2,1H3,(H,26,28)/t22-/m1/s1. The number of nitrogens with one attached hydrogen (secondary N) is 1. The first kappa shape index (κ1) is 20.2. The normalized spacial score (nSPS) is 12.1. The van der Waals surface area contributed by atoms with Crippen LogP contribution in [-0.4, -0.2) is 31.4 Å². The zero-order chi connectivity index (χ0) is 21.9. The van der Waals surface area contributed by atoms with Gasteiger partial charge in [0.15, 0.2) is 5.13 Å². The molecular weight excluding hydrogens is 422 g/mol. The molecule has 32 heavy (non-hydrogen) atoms. The van der Waals surface area contributed by atoms with Crippen LogP contribution in [0.1, 0.15) is 11.7 Å². The first-order chi connectivity index (χ1) is 15.6. The molecule has 3 aromatic heterocycles. The van der Waals surface area contributed by atoms with Crippen molar-refractivity contribution in [2.45, 2.75) is 6.10 Å². The molecule has 8 heteroatoms. The van der Waals surface area contributed by atoms with Gasteiger partial charge in [-0.3, -0.25) is 9.67 Å². The molecular formula is C24H21N5O2S. The molecule has 7 nitrogen and oxygen atoms in total. The molecule has 0 aliphatic heterocycles. The summed E-state index contributed by atoms with van der Waals surface area (Å²) in [6.07, 6.45) is 4.82. The van der Waals surface area contributed by atoms with E-state index in [1.807, 2.05) is 73.9 Å². The van der Waals surface area contributed by atoms with Crippen molar-refractivity contribution in [3.05, 3.63) is 84.8 Å². The van der Waals surface area contributed by atoms with Crippen molar-refractivity contribution in [3.8, 4) is 22.8 Å². The molecule has 0 saturated carbocycles. The highest BCUT2D eigenvalue weighted by Gasteiger charge is 2.10. The van der Waals surface area contributed by atoms with Crippen molar-refractivity contribution >= 4 is 26.7 Å². The van der Waals surface area contributed by atoms with Crippen LogP contribution in [0.5, 0.6) is 11.5 Å². The van der Waals surface area contributed by atoms with Crippen molar-refractivity contribution in [2.24, 2.45) is 7.05 Å². The Hall–Kier alpha value is -3.75. The Morgan fingerprint density at radius 3 is 2.75 bits per heavy atom. The number of benzene rings is 2. The minimum Gasteiger partial charge on any atom is -0.457 e. The van der Waals surface area contributed by atoms with Gasteiger partial charge >= 0.3 is 0 Å². The Bertz CT molecular complexity index is 1350. The van der Waals surface area contributed by atoms with Gasteiger partial charge in [0.1, 0.15) is 11.5 Å². The van der Waals surface area contributed by atoms with Gasteiger partial charge in [-0.2, -0.15) is 5.10 Å². The molecule has 0 unspecified atom stereocenters. The molecule has 0 saturated heterocycles. The van der Waals surface area contributed by atoms with E-state index in [4.69, 9.17) is 4.74 Å². The Morgan fingerprint density at radius 1 is 1.09 bits per heavy atom. The van der Waals surface area contributed by atoms with Crippen molar-refractivity contribution in [1.29, 1.82) is 0 Å². The molecule has 5 rings (SSSR count). The number of aryl methyl sites for hydroxylation is 1. The van der Waals surface area contributed by atoms with Gasteiger partial charge in [-0.25, -0.2) is 4.98 Å². The average Bonchev–Trinajstić information content (AvgIpc) is 3.44. The first-order valence-corrected chi connectivity index (χ1v) is 11.0. The predicted octanol–water partition coefficient (Wildman–Crippen LogP) is 5.03. The maximum atomic E-state index is 10.4. The van der Waals surface area contributed by atoms with Crippen molar-refractivity contribution in [1.82, 2.24) is 19.7 Å². The summed E-state index contributed by atoms with van der Waals surface area (Å²) in [6, 6.07) is 19.1. The third-order valence-corrected chi connectivity index (χ3v) is 5.93. The predicted molar refractivity (Wildman–Crippen MR) is 126 cm³/mol. The van der Waals surface area contributed by atoms with Crippen LogP contribution < -0.4 is 10.1 Å². The zero-order valence-electron chi connectivity index (χ0n) is 17.3. The highest BCUT2D eigenvalue weighted by atomic mass is 32.1. The molecule has 0 fully saturated rings. The number of anilines is 1. The quantitative estimate of drug-likeness (QED) is 0.367. The van der Waals surface area contributed by atoms with Gasteiger partial charge in [-0.15, -0.1) is 0 Å². The van der Waals surface area contributed by atoms with E-state index in [0.717, 1.165) is 37.9 Å². The van der Waals surface area contributed by atoms with Crippen molar-refractivity contribution in [3.63, 3.8) is 0 Å². The second kappa shape index (κ2) is 8.78. The van der Waals surface area contributed by atoms with E-state index < -0.39 is 6.10 Å². The number of aromatic nitrogens is 4. The number of fused-ring (bicyclic) bond motifs is 1. The van der Waals surface area contributed by atoms with E-state index in [0.29, 0.717) is 12.3 Å². The van der Waals surface area contributed by atoms with Gasteiger partial charge in [-0.1, -0.05) is 41.7 Å². The molecule has 0 bridgehead atoms. The summed E-state index contributed by atoms with van der Waals surface area (Å²) in [5.41, 5.74) is 3.49. The monoisotopic (exact) mass is 443 g/mol. The minimum absolute atomic E-state index is 0.390. The SMILES string of the molecule is Cn1cc(-c2cc(Oc3ccc4nc(NC[C@@H](O)c5ccccc5)sc4c3)ccn2)cn1. The lowest BCUT2D eigenvalue weighted by molar-refractivity contribution is 0.191. The number of thiazole rings is 1. The largest absolute Gasteiger partial charge is 0.457 e. The van der Waals surface area contributed by atoms with Crippen LogP contribution in [0.25, 0.3) is 21.5 Å². The Labute approximate surface area is 189 Å². The maximum absolute atomic E-state index is 10.4. The van der Waals surface area contributed by atoms with Gasteiger partial charge < -0.3 is 15.2 Å². The summed E-state index contributed by atoms with van der Waals surface area (Å²) in [5.74, 6) is 1.42. The molecule has 160 valence electrons. The Kier molecular flexibility index (Phi) is 5.53. The Morgan fingerprint density at radius 2 is 1.94 bits per heavy atom. The highest BCUT2D eigenvalue weighted by Crippen LogP contribution is 2.32. The fourth-order valence-electron chi connectivity index (χ4n) is 3.34. The fraction of sp³-hybridized carbons (Fsp3) is 0.125. The van der Waals surface area contributed by atoms with Gasteiger partial charge in [0.05, 0.1) is 28.2 Å². The second-order valence-corrected chi connectivity index (χ2v) is 8.37. The summed E-state index contributed by atoms with van der Waals surface area (Å²) < 4.78 is 8.82. The van der Waals surface area contributed by atoms with Crippen molar-refractivity contribution in [2.75, 3.05) is 11.9 Å². The number of aliphatic hydroxyl groups excluding tert-OH is 1. The number of ether oxygens (including phenoxy) is 1. The van der Waals surface area contributed by atoms with Gasteiger partial charge in [0.2, 0.25) is 0 Å². The van der Waals surface area contributed by atoms with E-state index in [-0.39, 0.29) is 0 Å². The summed E-state index contributed by atoms with van der Waals surface area (Å²) in [6.45, 7) is 0.390.